The summed E-state index contributed by atoms with van der Waals surface area (Å²) in [7, 11) is 1.40. The third kappa shape index (κ3) is 3.30. The number of benzene rings is 1. The monoisotopic (exact) mass is 314 g/mol. The molecule has 22 heavy (non-hydrogen) atoms. The standard InChI is InChI=1S/C15H20F2N2O3/c1-15(2)13(20)18-7-8-19(15)9-10-5-4-6-11(21-3)12(10)22-14(16)17/h4-6,14H,7-9H2,1-3H3,(H,18,20). The van der Waals surface area contributed by atoms with Gasteiger partial charge in [0, 0.05) is 25.2 Å². The Balaban J connectivity index is 2.30. The Hall–Kier alpha value is -1.89. The van der Waals surface area contributed by atoms with Gasteiger partial charge in [-0.15, -0.1) is 0 Å². The molecule has 1 aliphatic rings. The molecule has 1 aliphatic heterocycles. The number of hydrogen-bond acceptors (Lipinski definition) is 4. The number of carbonyl (C=O) groups is 1. The Morgan fingerprint density at radius 3 is 2.77 bits per heavy atom. The number of alkyl halides is 2. The minimum absolute atomic E-state index is 0.0155. The summed E-state index contributed by atoms with van der Waals surface area (Å²) in [6.07, 6.45) is 0. The predicted molar refractivity (Wildman–Crippen MR) is 77.1 cm³/mol. The molecule has 1 heterocycles. The second-order valence-corrected chi connectivity index (χ2v) is 5.56. The zero-order valence-electron chi connectivity index (χ0n) is 12.9. The average molecular weight is 314 g/mol. The Bertz CT molecular complexity index is 550. The van der Waals surface area contributed by atoms with Crippen LogP contribution in [0.5, 0.6) is 11.5 Å². The molecule has 1 amide bonds. The Kier molecular flexibility index (Phi) is 4.85. The van der Waals surface area contributed by atoms with Crippen LogP contribution in [0.25, 0.3) is 0 Å². The molecule has 1 N–H and O–H groups in total. The summed E-state index contributed by atoms with van der Waals surface area (Å²) in [6.45, 7) is 2.14. The first-order valence-corrected chi connectivity index (χ1v) is 7.00. The maximum absolute atomic E-state index is 12.7. The Labute approximate surface area is 128 Å². The van der Waals surface area contributed by atoms with Gasteiger partial charge < -0.3 is 14.8 Å². The van der Waals surface area contributed by atoms with Crippen LogP contribution in [0.4, 0.5) is 8.78 Å². The minimum atomic E-state index is -2.94. The number of nitrogens with zero attached hydrogens (tertiary/aromatic N) is 1. The molecule has 0 bridgehead atoms. The number of ether oxygens (including phenoxy) is 2. The van der Waals surface area contributed by atoms with E-state index in [4.69, 9.17) is 4.74 Å². The van der Waals surface area contributed by atoms with Crippen LogP contribution >= 0.6 is 0 Å². The summed E-state index contributed by atoms with van der Waals surface area (Å²) < 4.78 is 35.0. The van der Waals surface area contributed by atoms with Crippen molar-refractivity contribution in [3.8, 4) is 11.5 Å². The quantitative estimate of drug-likeness (QED) is 0.903. The molecule has 1 aromatic carbocycles. The molecule has 122 valence electrons. The van der Waals surface area contributed by atoms with Crippen molar-refractivity contribution in [3.63, 3.8) is 0 Å². The summed E-state index contributed by atoms with van der Waals surface area (Å²) in [4.78, 5) is 13.9. The van der Waals surface area contributed by atoms with Gasteiger partial charge >= 0.3 is 6.61 Å². The van der Waals surface area contributed by atoms with Crippen LogP contribution in [-0.2, 0) is 11.3 Å². The number of nitrogens with one attached hydrogen (secondary N) is 1. The van der Waals surface area contributed by atoms with Crippen molar-refractivity contribution in [1.82, 2.24) is 10.2 Å². The van der Waals surface area contributed by atoms with E-state index in [1.165, 1.54) is 7.11 Å². The van der Waals surface area contributed by atoms with E-state index >= 15 is 0 Å². The maximum atomic E-state index is 12.7. The maximum Gasteiger partial charge on any atom is 0.387 e. The number of carbonyl (C=O) groups excluding carboxylic acids is 1. The van der Waals surface area contributed by atoms with Gasteiger partial charge in [0.15, 0.2) is 11.5 Å². The number of methoxy groups -OCH3 is 1. The largest absolute Gasteiger partial charge is 0.493 e. The van der Waals surface area contributed by atoms with Gasteiger partial charge in [-0.1, -0.05) is 12.1 Å². The Morgan fingerprint density at radius 1 is 1.41 bits per heavy atom. The Morgan fingerprint density at radius 2 is 2.14 bits per heavy atom. The second kappa shape index (κ2) is 6.48. The molecule has 0 saturated carbocycles. The molecular formula is C15H20F2N2O3. The lowest BCUT2D eigenvalue weighted by atomic mass is 9.97. The number of piperazine rings is 1. The van der Waals surface area contributed by atoms with E-state index in [0.717, 1.165) is 0 Å². The topological polar surface area (TPSA) is 50.8 Å². The van der Waals surface area contributed by atoms with E-state index in [-0.39, 0.29) is 17.4 Å². The normalized spacial score (nSPS) is 18.2. The van der Waals surface area contributed by atoms with Crippen LogP contribution in [-0.4, -0.2) is 43.2 Å². The average Bonchev–Trinajstić information content (AvgIpc) is 2.45. The first kappa shape index (κ1) is 16.5. The molecule has 5 nitrogen and oxygen atoms in total. The van der Waals surface area contributed by atoms with Crippen LogP contribution in [0.1, 0.15) is 19.4 Å². The number of para-hydroxylation sites is 1. The van der Waals surface area contributed by atoms with Crippen molar-refractivity contribution in [2.75, 3.05) is 20.2 Å². The van der Waals surface area contributed by atoms with Gasteiger partial charge in [-0.2, -0.15) is 8.78 Å². The molecule has 2 rings (SSSR count). The molecule has 1 saturated heterocycles. The van der Waals surface area contributed by atoms with Gasteiger partial charge in [0.2, 0.25) is 5.91 Å². The SMILES string of the molecule is COc1cccc(CN2CCNC(=O)C2(C)C)c1OC(F)F. The number of hydrogen-bond donors (Lipinski definition) is 1. The first-order chi connectivity index (χ1) is 10.4. The predicted octanol–water partition coefficient (Wildman–Crippen LogP) is 2.01. The smallest absolute Gasteiger partial charge is 0.387 e. The molecule has 0 unspecified atom stereocenters. The van der Waals surface area contributed by atoms with Crippen LogP contribution in [0, 0.1) is 0 Å². The van der Waals surface area contributed by atoms with Crippen molar-refractivity contribution in [1.29, 1.82) is 0 Å². The fourth-order valence-corrected chi connectivity index (χ4v) is 2.50. The lowest BCUT2D eigenvalue weighted by molar-refractivity contribution is -0.135. The van der Waals surface area contributed by atoms with Gasteiger partial charge in [-0.3, -0.25) is 9.69 Å². The first-order valence-electron chi connectivity index (χ1n) is 7.00. The highest BCUT2D eigenvalue weighted by molar-refractivity contribution is 5.86. The van der Waals surface area contributed by atoms with Gasteiger partial charge in [-0.05, 0) is 19.9 Å². The zero-order chi connectivity index (χ0) is 16.3. The lowest BCUT2D eigenvalue weighted by Crippen LogP contribution is -2.61. The van der Waals surface area contributed by atoms with E-state index in [1.807, 2.05) is 4.90 Å². The number of halogens is 2. The molecule has 7 heteroatoms. The highest BCUT2D eigenvalue weighted by Crippen LogP contribution is 2.34. The summed E-state index contributed by atoms with van der Waals surface area (Å²) in [5.41, 5.74) is -0.161. The third-order valence-corrected chi connectivity index (χ3v) is 3.86. The van der Waals surface area contributed by atoms with Crippen molar-refractivity contribution < 1.29 is 23.0 Å². The third-order valence-electron chi connectivity index (χ3n) is 3.86. The van der Waals surface area contributed by atoms with Crippen molar-refractivity contribution in [2.45, 2.75) is 32.5 Å². The molecule has 0 atom stereocenters. The van der Waals surface area contributed by atoms with Crippen LogP contribution in [0.15, 0.2) is 18.2 Å². The number of amides is 1. The molecular weight excluding hydrogens is 294 g/mol. The second-order valence-electron chi connectivity index (χ2n) is 5.56. The van der Waals surface area contributed by atoms with Crippen molar-refractivity contribution in [2.24, 2.45) is 0 Å². The van der Waals surface area contributed by atoms with Gasteiger partial charge in [0.05, 0.1) is 12.6 Å². The highest BCUT2D eigenvalue weighted by Gasteiger charge is 2.37. The van der Waals surface area contributed by atoms with Gasteiger partial charge in [0.1, 0.15) is 0 Å². The zero-order valence-corrected chi connectivity index (χ0v) is 12.9. The van der Waals surface area contributed by atoms with E-state index in [1.54, 1.807) is 32.0 Å². The lowest BCUT2D eigenvalue weighted by Gasteiger charge is -2.41. The van der Waals surface area contributed by atoms with Gasteiger partial charge in [0.25, 0.3) is 0 Å². The molecule has 1 aromatic rings. The molecule has 0 aliphatic carbocycles. The van der Waals surface area contributed by atoms with Crippen LogP contribution in [0.2, 0.25) is 0 Å². The summed E-state index contributed by atoms with van der Waals surface area (Å²) >= 11 is 0. The minimum Gasteiger partial charge on any atom is -0.493 e. The van der Waals surface area contributed by atoms with E-state index < -0.39 is 12.2 Å². The highest BCUT2D eigenvalue weighted by atomic mass is 19.3. The molecule has 0 radical (unpaired) electrons. The summed E-state index contributed by atoms with van der Waals surface area (Å²) in [5, 5.41) is 2.80. The fourth-order valence-electron chi connectivity index (χ4n) is 2.50. The van der Waals surface area contributed by atoms with Crippen molar-refractivity contribution >= 4 is 5.91 Å². The molecule has 0 aromatic heterocycles. The van der Waals surface area contributed by atoms with Crippen molar-refractivity contribution in [3.05, 3.63) is 23.8 Å². The van der Waals surface area contributed by atoms with E-state index in [2.05, 4.69) is 10.1 Å². The van der Waals surface area contributed by atoms with E-state index in [9.17, 15) is 13.6 Å². The summed E-state index contributed by atoms with van der Waals surface area (Å²) in [6, 6.07) is 4.97. The van der Waals surface area contributed by atoms with E-state index in [0.29, 0.717) is 25.2 Å². The van der Waals surface area contributed by atoms with Crippen LogP contribution in [0.3, 0.4) is 0 Å². The fraction of sp³-hybridized carbons (Fsp3) is 0.533. The molecule has 0 spiro atoms. The summed E-state index contributed by atoms with van der Waals surface area (Å²) in [5.74, 6) is 0.178. The number of rotatable bonds is 5. The van der Waals surface area contributed by atoms with Gasteiger partial charge in [-0.25, -0.2) is 0 Å². The van der Waals surface area contributed by atoms with Crippen LogP contribution < -0.4 is 14.8 Å². The molecule has 1 fully saturated rings.